The molecular formula is C15H17BrFNO3. The zero-order chi connectivity index (χ0) is 15.4. The Labute approximate surface area is 131 Å². The average Bonchev–Trinajstić information content (AvgIpc) is 2.81. The maximum atomic E-state index is 13.6. The molecule has 0 bridgehead atoms. The summed E-state index contributed by atoms with van der Waals surface area (Å²) in [7, 11) is 0. The van der Waals surface area contributed by atoms with E-state index in [1.165, 1.54) is 17.0 Å². The van der Waals surface area contributed by atoms with Crippen molar-refractivity contribution in [3.8, 4) is 0 Å². The normalized spacial score (nSPS) is 27.5. The molecule has 6 heteroatoms. The first-order valence-corrected chi connectivity index (χ1v) is 7.64. The van der Waals surface area contributed by atoms with E-state index in [1.807, 2.05) is 20.8 Å². The van der Waals surface area contributed by atoms with Crippen molar-refractivity contribution in [2.45, 2.75) is 43.3 Å². The molecule has 1 saturated heterocycles. The summed E-state index contributed by atoms with van der Waals surface area (Å²) in [6.45, 7) is 5.93. The molecule has 1 aromatic carbocycles. The van der Waals surface area contributed by atoms with Gasteiger partial charge in [-0.05, 0) is 45.4 Å². The number of rotatable bonds is 0. The summed E-state index contributed by atoms with van der Waals surface area (Å²) in [5, 5.41) is 0. The van der Waals surface area contributed by atoms with E-state index in [1.54, 1.807) is 6.07 Å². The van der Waals surface area contributed by atoms with E-state index in [-0.39, 0.29) is 5.82 Å². The van der Waals surface area contributed by atoms with Gasteiger partial charge in [0.1, 0.15) is 15.7 Å². The molecule has 4 nitrogen and oxygen atoms in total. The Hall–Kier alpha value is -1.14. The molecule has 2 heterocycles. The summed E-state index contributed by atoms with van der Waals surface area (Å²) in [4.78, 5) is 14.0. The van der Waals surface area contributed by atoms with Gasteiger partial charge in [0.2, 0.25) is 0 Å². The summed E-state index contributed by atoms with van der Waals surface area (Å²) in [5.74, 6) is -0.329. The smallest absolute Gasteiger partial charge is 0.417 e. The minimum Gasteiger partial charge on any atom is -0.443 e. The largest absolute Gasteiger partial charge is 0.443 e. The van der Waals surface area contributed by atoms with E-state index < -0.39 is 22.2 Å². The van der Waals surface area contributed by atoms with E-state index in [0.29, 0.717) is 18.7 Å². The second-order valence-corrected chi connectivity index (χ2v) is 7.76. The van der Waals surface area contributed by atoms with Crippen LogP contribution in [0.1, 0.15) is 32.8 Å². The molecular weight excluding hydrogens is 341 g/mol. The predicted molar refractivity (Wildman–Crippen MR) is 80.1 cm³/mol. The molecule has 1 amide bonds. The van der Waals surface area contributed by atoms with Crippen LogP contribution in [0.25, 0.3) is 0 Å². The summed E-state index contributed by atoms with van der Waals surface area (Å²) in [6, 6.07) is 4.39. The first-order valence-electron chi connectivity index (χ1n) is 6.85. The topological polar surface area (TPSA) is 38.8 Å². The lowest BCUT2D eigenvalue weighted by Crippen LogP contribution is -2.45. The SMILES string of the molecule is CC(C)(C)OC(=O)N1c2ccc(F)cc2[C@]2(Br)CCO[C@H]12. The first-order chi connectivity index (χ1) is 9.72. The fourth-order valence-corrected chi connectivity index (χ4v) is 3.62. The number of hydrogen-bond donors (Lipinski definition) is 0. The Morgan fingerprint density at radius 3 is 2.90 bits per heavy atom. The Morgan fingerprint density at radius 2 is 2.24 bits per heavy atom. The van der Waals surface area contributed by atoms with Gasteiger partial charge < -0.3 is 9.47 Å². The van der Waals surface area contributed by atoms with Gasteiger partial charge in [0.25, 0.3) is 0 Å². The Bertz CT molecular complexity index is 601. The monoisotopic (exact) mass is 357 g/mol. The molecule has 0 aromatic heterocycles. The van der Waals surface area contributed by atoms with Crippen LogP contribution in [0.2, 0.25) is 0 Å². The third-order valence-corrected chi connectivity index (χ3v) is 4.84. The third-order valence-electron chi connectivity index (χ3n) is 3.62. The van der Waals surface area contributed by atoms with Gasteiger partial charge in [0, 0.05) is 5.56 Å². The number of carbonyl (C=O) groups excluding carboxylic acids is 1. The lowest BCUT2D eigenvalue weighted by Gasteiger charge is -2.29. The summed E-state index contributed by atoms with van der Waals surface area (Å²) in [5.41, 5.74) is 0.760. The number of hydrogen-bond acceptors (Lipinski definition) is 3. The summed E-state index contributed by atoms with van der Waals surface area (Å²) < 4.78 is 24.2. The van der Waals surface area contributed by atoms with Crippen LogP contribution in [0.3, 0.4) is 0 Å². The van der Waals surface area contributed by atoms with Crippen molar-refractivity contribution in [2.75, 3.05) is 11.5 Å². The van der Waals surface area contributed by atoms with Gasteiger partial charge in [-0.2, -0.15) is 0 Å². The molecule has 3 rings (SSSR count). The molecule has 2 aliphatic rings. The van der Waals surface area contributed by atoms with Crippen molar-refractivity contribution >= 4 is 27.7 Å². The van der Waals surface area contributed by atoms with Crippen molar-refractivity contribution in [1.82, 2.24) is 0 Å². The number of alkyl halides is 1. The Kier molecular flexibility index (Phi) is 3.29. The third kappa shape index (κ3) is 2.34. The van der Waals surface area contributed by atoms with E-state index >= 15 is 0 Å². The van der Waals surface area contributed by atoms with Crippen LogP contribution in [-0.4, -0.2) is 24.5 Å². The molecule has 21 heavy (non-hydrogen) atoms. The van der Waals surface area contributed by atoms with E-state index in [0.717, 1.165) is 5.56 Å². The first kappa shape index (κ1) is 14.8. The molecule has 2 aliphatic heterocycles. The molecule has 114 valence electrons. The second kappa shape index (κ2) is 4.68. The van der Waals surface area contributed by atoms with E-state index in [2.05, 4.69) is 15.9 Å². The summed E-state index contributed by atoms with van der Waals surface area (Å²) in [6.07, 6.45) is -0.319. The standard InChI is InChI=1S/C15H17BrFNO3/c1-14(2,3)21-13(19)18-11-5-4-9(17)8-10(11)15(16)6-7-20-12(15)18/h4-5,8,12H,6-7H2,1-3H3/t12-,15+/m0/s1. The number of nitrogens with zero attached hydrogens (tertiary/aromatic N) is 1. The Morgan fingerprint density at radius 1 is 1.52 bits per heavy atom. The van der Waals surface area contributed by atoms with Gasteiger partial charge >= 0.3 is 6.09 Å². The van der Waals surface area contributed by atoms with Gasteiger partial charge in [0.05, 0.1) is 12.3 Å². The number of ether oxygens (including phenoxy) is 2. The van der Waals surface area contributed by atoms with Crippen LogP contribution < -0.4 is 4.90 Å². The fraction of sp³-hybridized carbons (Fsp3) is 0.533. The van der Waals surface area contributed by atoms with Crippen molar-refractivity contribution in [3.05, 3.63) is 29.6 Å². The molecule has 2 atom stereocenters. The number of fused-ring (bicyclic) bond motifs is 3. The highest BCUT2D eigenvalue weighted by Crippen LogP contribution is 2.55. The van der Waals surface area contributed by atoms with Crippen LogP contribution >= 0.6 is 15.9 Å². The van der Waals surface area contributed by atoms with Crippen LogP contribution in [0.5, 0.6) is 0 Å². The highest BCUT2D eigenvalue weighted by molar-refractivity contribution is 9.09. The molecule has 0 N–H and O–H groups in total. The molecule has 0 radical (unpaired) electrons. The quantitative estimate of drug-likeness (QED) is 0.660. The van der Waals surface area contributed by atoms with E-state index in [9.17, 15) is 9.18 Å². The van der Waals surface area contributed by atoms with Gasteiger partial charge in [0.15, 0.2) is 6.23 Å². The highest BCUT2D eigenvalue weighted by atomic mass is 79.9. The number of carbonyl (C=O) groups is 1. The fourth-order valence-electron chi connectivity index (χ4n) is 2.80. The van der Waals surface area contributed by atoms with Crippen LogP contribution in [0, 0.1) is 5.82 Å². The van der Waals surface area contributed by atoms with Gasteiger partial charge in [-0.1, -0.05) is 15.9 Å². The minimum atomic E-state index is -0.604. The average molecular weight is 358 g/mol. The highest BCUT2D eigenvalue weighted by Gasteiger charge is 2.56. The predicted octanol–water partition coefficient (Wildman–Crippen LogP) is 3.92. The maximum Gasteiger partial charge on any atom is 0.417 e. The molecule has 0 unspecified atom stereocenters. The van der Waals surface area contributed by atoms with Gasteiger partial charge in [-0.25, -0.2) is 14.1 Å². The van der Waals surface area contributed by atoms with Gasteiger partial charge in [-0.3, -0.25) is 0 Å². The van der Waals surface area contributed by atoms with Crippen molar-refractivity contribution in [3.63, 3.8) is 0 Å². The minimum absolute atomic E-state index is 0.329. The van der Waals surface area contributed by atoms with Gasteiger partial charge in [-0.15, -0.1) is 0 Å². The lowest BCUT2D eigenvalue weighted by molar-refractivity contribution is 0.0411. The van der Waals surface area contributed by atoms with Crippen LogP contribution in [0.15, 0.2) is 18.2 Å². The number of halogens is 2. The van der Waals surface area contributed by atoms with Crippen molar-refractivity contribution < 1.29 is 18.7 Å². The molecule has 1 aromatic rings. The maximum absolute atomic E-state index is 13.6. The van der Waals surface area contributed by atoms with E-state index in [4.69, 9.17) is 9.47 Å². The van der Waals surface area contributed by atoms with Crippen LogP contribution in [0.4, 0.5) is 14.9 Å². The van der Waals surface area contributed by atoms with Crippen molar-refractivity contribution in [1.29, 1.82) is 0 Å². The number of amides is 1. The second-order valence-electron chi connectivity index (χ2n) is 6.35. The molecule has 0 saturated carbocycles. The zero-order valence-corrected chi connectivity index (χ0v) is 13.7. The number of benzene rings is 1. The van der Waals surface area contributed by atoms with Crippen molar-refractivity contribution in [2.24, 2.45) is 0 Å². The number of anilines is 1. The summed E-state index contributed by atoms with van der Waals surface area (Å²) >= 11 is 3.65. The Balaban J connectivity index is 2.04. The lowest BCUT2D eigenvalue weighted by atomic mass is 9.98. The zero-order valence-electron chi connectivity index (χ0n) is 12.2. The molecule has 0 spiro atoms. The molecule has 0 aliphatic carbocycles. The van der Waals surface area contributed by atoms with Crippen LogP contribution in [-0.2, 0) is 13.8 Å². The molecule has 1 fully saturated rings.